The SMILES string of the molecule is C/C=C1/CC2=CC(=O)CC(O)[C@]2(C)[C@H]2CC[C@]3(C)CCC[C@H]3[C@H]12. The average Bonchev–Trinajstić information content (AvgIpc) is 2.90. The zero-order chi connectivity index (χ0) is 16.4. The van der Waals surface area contributed by atoms with Crippen molar-refractivity contribution in [2.45, 2.75) is 71.8 Å². The van der Waals surface area contributed by atoms with Crippen LogP contribution in [0.4, 0.5) is 0 Å². The molecule has 0 heterocycles. The summed E-state index contributed by atoms with van der Waals surface area (Å²) in [5, 5.41) is 10.9. The van der Waals surface area contributed by atoms with Crippen molar-refractivity contribution in [2.75, 3.05) is 0 Å². The van der Waals surface area contributed by atoms with Crippen LogP contribution in [0.5, 0.6) is 0 Å². The number of ketones is 1. The van der Waals surface area contributed by atoms with Crippen molar-refractivity contribution in [3.05, 3.63) is 23.3 Å². The molecule has 6 atom stereocenters. The first-order valence-electron chi connectivity index (χ1n) is 9.47. The Bertz CT molecular complexity index is 601. The normalized spacial score (nSPS) is 51.0. The lowest BCUT2D eigenvalue weighted by Crippen LogP contribution is -2.55. The molecule has 0 saturated heterocycles. The molecule has 4 aliphatic rings. The number of hydrogen-bond donors (Lipinski definition) is 1. The Morgan fingerprint density at radius 1 is 1.22 bits per heavy atom. The minimum Gasteiger partial charge on any atom is -0.392 e. The van der Waals surface area contributed by atoms with Crippen LogP contribution in [0, 0.1) is 28.6 Å². The fourth-order valence-corrected chi connectivity index (χ4v) is 6.70. The third-order valence-electron chi connectivity index (χ3n) is 8.13. The summed E-state index contributed by atoms with van der Waals surface area (Å²) < 4.78 is 0. The van der Waals surface area contributed by atoms with Crippen LogP contribution in [-0.4, -0.2) is 17.0 Å². The van der Waals surface area contributed by atoms with E-state index >= 15 is 0 Å². The second kappa shape index (κ2) is 5.05. The van der Waals surface area contributed by atoms with Gasteiger partial charge < -0.3 is 5.11 Å². The van der Waals surface area contributed by atoms with E-state index in [2.05, 4.69) is 26.8 Å². The molecule has 0 bridgehead atoms. The smallest absolute Gasteiger partial charge is 0.158 e. The fourth-order valence-electron chi connectivity index (χ4n) is 6.70. The molecule has 1 N–H and O–H groups in total. The molecule has 0 aromatic rings. The quantitative estimate of drug-likeness (QED) is 0.671. The van der Waals surface area contributed by atoms with Gasteiger partial charge in [0.05, 0.1) is 6.10 Å². The van der Waals surface area contributed by atoms with E-state index in [0.717, 1.165) is 12.3 Å². The van der Waals surface area contributed by atoms with Crippen molar-refractivity contribution >= 4 is 5.78 Å². The maximum absolute atomic E-state index is 12.0. The van der Waals surface area contributed by atoms with Gasteiger partial charge in [0.1, 0.15) is 0 Å². The van der Waals surface area contributed by atoms with Gasteiger partial charge in [-0.3, -0.25) is 4.79 Å². The van der Waals surface area contributed by atoms with Crippen molar-refractivity contribution in [1.29, 1.82) is 0 Å². The van der Waals surface area contributed by atoms with Gasteiger partial charge in [-0.25, -0.2) is 0 Å². The summed E-state index contributed by atoms with van der Waals surface area (Å²) in [5.41, 5.74) is 3.06. The van der Waals surface area contributed by atoms with Crippen LogP contribution >= 0.6 is 0 Å². The first-order chi connectivity index (χ1) is 10.9. The largest absolute Gasteiger partial charge is 0.392 e. The number of aliphatic hydroxyl groups is 1. The Morgan fingerprint density at radius 2 is 2.00 bits per heavy atom. The molecular formula is C21H30O2. The average molecular weight is 314 g/mol. The summed E-state index contributed by atoms with van der Waals surface area (Å²) in [5.74, 6) is 2.01. The van der Waals surface area contributed by atoms with Gasteiger partial charge in [-0.2, -0.15) is 0 Å². The molecule has 2 nitrogen and oxygen atoms in total. The topological polar surface area (TPSA) is 37.3 Å². The summed E-state index contributed by atoms with van der Waals surface area (Å²) in [6.45, 7) is 6.91. The third kappa shape index (κ3) is 2.00. The minimum absolute atomic E-state index is 0.111. The van der Waals surface area contributed by atoms with Gasteiger partial charge >= 0.3 is 0 Å². The molecule has 0 aromatic heterocycles. The highest BCUT2D eigenvalue weighted by atomic mass is 16.3. The summed E-state index contributed by atoms with van der Waals surface area (Å²) in [6.07, 6.45) is 11.5. The monoisotopic (exact) mass is 314 g/mol. The van der Waals surface area contributed by atoms with Crippen molar-refractivity contribution in [2.24, 2.45) is 28.6 Å². The molecule has 0 aliphatic heterocycles. The highest BCUT2D eigenvalue weighted by Gasteiger charge is 2.59. The van der Waals surface area contributed by atoms with Crippen LogP contribution in [0.25, 0.3) is 0 Å². The molecule has 3 saturated carbocycles. The molecular weight excluding hydrogens is 284 g/mol. The predicted octanol–water partition coefficient (Wildman–Crippen LogP) is 4.44. The maximum atomic E-state index is 12.0. The van der Waals surface area contributed by atoms with Gasteiger partial charge in [0.25, 0.3) is 0 Å². The number of hydrogen-bond acceptors (Lipinski definition) is 2. The van der Waals surface area contributed by atoms with Crippen molar-refractivity contribution in [3.8, 4) is 0 Å². The van der Waals surface area contributed by atoms with E-state index in [0.29, 0.717) is 23.7 Å². The first kappa shape index (κ1) is 15.6. The lowest BCUT2D eigenvalue weighted by molar-refractivity contribution is -0.124. The molecule has 2 heteroatoms. The first-order valence-corrected chi connectivity index (χ1v) is 9.47. The molecule has 3 fully saturated rings. The number of allylic oxidation sites excluding steroid dienone is 2. The van der Waals surface area contributed by atoms with Gasteiger partial charge in [0.2, 0.25) is 0 Å². The molecule has 0 amide bonds. The second-order valence-electron chi connectivity index (χ2n) is 9.00. The van der Waals surface area contributed by atoms with Crippen LogP contribution in [-0.2, 0) is 4.79 Å². The maximum Gasteiger partial charge on any atom is 0.158 e. The highest BCUT2D eigenvalue weighted by Crippen LogP contribution is 2.66. The van der Waals surface area contributed by atoms with E-state index in [1.165, 1.54) is 37.7 Å². The summed E-state index contributed by atoms with van der Waals surface area (Å²) in [6, 6.07) is 0. The van der Waals surface area contributed by atoms with E-state index < -0.39 is 6.10 Å². The van der Waals surface area contributed by atoms with E-state index in [1.54, 1.807) is 5.57 Å². The fraction of sp³-hybridized carbons (Fsp3) is 0.762. The number of fused-ring (bicyclic) bond motifs is 5. The number of rotatable bonds is 0. The Balaban J connectivity index is 1.82. The van der Waals surface area contributed by atoms with Crippen LogP contribution in [0.1, 0.15) is 65.7 Å². The van der Waals surface area contributed by atoms with E-state index in [4.69, 9.17) is 0 Å². The van der Waals surface area contributed by atoms with Crippen molar-refractivity contribution in [1.82, 2.24) is 0 Å². The van der Waals surface area contributed by atoms with Gasteiger partial charge in [0.15, 0.2) is 5.78 Å². The summed E-state index contributed by atoms with van der Waals surface area (Å²) in [4.78, 5) is 12.0. The molecule has 4 rings (SSSR count). The minimum atomic E-state index is -0.494. The Hall–Kier alpha value is -0.890. The molecule has 0 radical (unpaired) electrons. The van der Waals surface area contributed by atoms with E-state index in [9.17, 15) is 9.90 Å². The number of carbonyl (C=O) groups excluding carboxylic acids is 1. The Kier molecular flexibility index (Phi) is 3.43. The Labute approximate surface area is 140 Å². The van der Waals surface area contributed by atoms with Gasteiger partial charge in [-0.15, -0.1) is 0 Å². The summed E-state index contributed by atoms with van der Waals surface area (Å²) >= 11 is 0. The second-order valence-corrected chi connectivity index (χ2v) is 9.00. The lowest BCUT2D eigenvalue weighted by atomic mass is 9.46. The molecule has 23 heavy (non-hydrogen) atoms. The van der Waals surface area contributed by atoms with Crippen LogP contribution in [0.15, 0.2) is 23.3 Å². The molecule has 126 valence electrons. The van der Waals surface area contributed by atoms with Gasteiger partial charge in [-0.1, -0.05) is 37.5 Å². The van der Waals surface area contributed by atoms with Crippen LogP contribution in [0.2, 0.25) is 0 Å². The van der Waals surface area contributed by atoms with Crippen molar-refractivity contribution < 1.29 is 9.90 Å². The standard InChI is InChI=1S/C21H30O2/c1-4-13-10-14-11-15(22)12-18(23)21(14,3)17-7-9-20(2)8-5-6-16(20)19(13)17/h4,11,16-19,23H,5-10,12H2,1-3H3/b13-4-/t16-,17-,18?,19-,20-,21-/m0/s1. The zero-order valence-electron chi connectivity index (χ0n) is 14.8. The lowest BCUT2D eigenvalue weighted by Gasteiger charge is -2.59. The van der Waals surface area contributed by atoms with Gasteiger partial charge in [0, 0.05) is 11.8 Å². The van der Waals surface area contributed by atoms with Crippen molar-refractivity contribution in [3.63, 3.8) is 0 Å². The van der Waals surface area contributed by atoms with Crippen LogP contribution in [0.3, 0.4) is 0 Å². The van der Waals surface area contributed by atoms with E-state index in [1.807, 2.05) is 6.08 Å². The number of aliphatic hydroxyl groups excluding tert-OH is 1. The molecule has 1 unspecified atom stereocenters. The highest BCUT2D eigenvalue weighted by molar-refractivity contribution is 5.92. The molecule has 0 spiro atoms. The van der Waals surface area contributed by atoms with E-state index in [-0.39, 0.29) is 11.2 Å². The van der Waals surface area contributed by atoms with Gasteiger partial charge in [-0.05, 0) is 68.3 Å². The van der Waals surface area contributed by atoms with Crippen LogP contribution < -0.4 is 0 Å². The molecule has 0 aromatic carbocycles. The number of carbonyl (C=O) groups is 1. The third-order valence-corrected chi connectivity index (χ3v) is 8.13. The Morgan fingerprint density at radius 3 is 2.74 bits per heavy atom. The predicted molar refractivity (Wildman–Crippen MR) is 91.9 cm³/mol. The zero-order valence-corrected chi connectivity index (χ0v) is 14.8. The summed E-state index contributed by atoms with van der Waals surface area (Å²) in [7, 11) is 0. The molecule has 4 aliphatic carbocycles.